The SMILES string of the molecule is C=C1C=NC(NC(=O)C2CC2)=CC1C(O)Nc1cccnc1F. The Morgan fingerprint density at radius 1 is 1.48 bits per heavy atom. The van der Waals surface area contributed by atoms with Crippen molar-refractivity contribution in [3.8, 4) is 0 Å². The second kappa shape index (κ2) is 6.29. The van der Waals surface area contributed by atoms with Crippen LogP contribution in [0.3, 0.4) is 0 Å². The number of hydrogen-bond acceptors (Lipinski definition) is 5. The lowest BCUT2D eigenvalue weighted by atomic mass is 9.97. The van der Waals surface area contributed by atoms with Crippen LogP contribution in [0.5, 0.6) is 0 Å². The van der Waals surface area contributed by atoms with Gasteiger partial charge in [-0.1, -0.05) is 6.58 Å². The van der Waals surface area contributed by atoms with Crippen molar-refractivity contribution in [1.29, 1.82) is 0 Å². The maximum Gasteiger partial charge on any atom is 0.236 e. The van der Waals surface area contributed by atoms with Crippen molar-refractivity contribution >= 4 is 17.8 Å². The Morgan fingerprint density at radius 3 is 2.96 bits per heavy atom. The minimum Gasteiger partial charge on any atom is -0.373 e. The number of anilines is 1. The fourth-order valence-corrected chi connectivity index (χ4v) is 2.24. The highest BCUT2D eigenvalue weighted by atomic mass is 19.1. The number of carbonyl (C=O) groups excluding carboxylic acids is 1. The average molecular weight is 316 g/mol. The molecule has 0 aromatic carbocycles. The third kappa shape index (κ3) is 3.62. The molecule has 3 rings (SSSR count). The van der Waals surface area contributed by atoms with Crippen LogP contribution in [0.2, 0.25) is 0 Å². The van der Waals surface area contributed by atoms with Gasteiger partial charge in [0.15, 0.2) is 0 Å². The molecular weight excluding hydrogens is 299 g/mol. The van der Waals surface area contributed by atoms with Crippen LogP contribution in [0.15, 0.2) is 47.4 Å². The molecule has 2 heterocycles. The summed E-state index contributed by atoms with van der Waals surface area (Å²) < 4.78 is 13.6. The highest BCUT2D eigenvalue weighted by molar-refractivity contribution is 5.85. The minimum absolute atomic E-state index is 0.0576. The third-order valence-corrected chi connectivity index (χ3v) is 3.74. The molecule has 1 aromatic heterocycles. The first-order valence-electron chi connectivity index (χ1n) is 7.35. The molecule has 1 saturated carbocycles. The summed E-state index contributed by atoms with van der Waals surface area (Å²) in [6.07, 6.45) is 5.07. The van der Waals surface area contributed by atoms with Crippen LogP contribution >= 0.6 is 0 Å². The van der Waals surface area contributed by atoms with Gasteiger partial charge in [-0.2, -0.15) is 4.39 Å². The number of halogens is 1. The quantitative estimate of drug-likeness (QED) is 0.568. The molecule has 2 atom stereocenters. The van der Waals surface area contributed by atoms with Crippen molar-refractivity contribution in [3.05, 3.63) is 48.3 Å². The van der Waals surface area contributed by atoms with E-state index < -0.39 is 18.1 Å². The van der Waals surface area contributed by atoms with Crippen LogP contribution in [0.4, 0.5) is 10.1 Å². The van der Waals surface area contributed by atoms with E-state index in [1.54, 1.807) is 12.1 Å². The van der Waals surface area contributed by atoms with Gasteiger partial charge in [-0.25, -0.2) is 9.98 Å². The van der Waals surface area contributed by atoms with E-state index in [1.807, 2.05) is 0 Å². The number of nitrogens with one attached hydrogen (secondary N) is 2. The van der Waals surface area contributed by atoms with Gasteiger partial charge < -0.3 is 15.7 Å². The van der Waals surface area contributed by atoms with Crippen LogP contribution in [-0.4, -0.2) is 28.4 Å². The molecule has 0 radical (unpaired) electrons. The predicted octanol–water partition coefficient (Wildman–Crippen LogP) is 1.58. The first-order chi connectivity index (χ1) is 11.0. The van der Waals surface area contributed by atoms with E-state index in [-0.39, 0.29) is 17.5 Å². The molecule has 120 valence electrons. The van der Waals surface area contributed by atoms with Crippen molar-refractivity contribution in [3.63, 3.8) is 0 Å². The van der Waals surface area contributed by atoms with Gasteiger partial charge in [-0.15, -0.1) is 0 Å². The Balaban J connectivity index is 1.70. The normalized spacial score (nSPS) is 21.6. The summed E-state index contributed by atoms with van der Waals surface area (Å²) >= 11 is 0. The van der Waals surface area contributed by atoms with Crippen LogP contribution in [-0.2, 0) is 4.79 Å². The summed E-state index contributed by atoms with van der Waals surface area (Å²) in [4.78, 5) is 19.4. The molecule has 2 aliphatic rings. The number of aliphatic hydroxyl groups excluding tert-OH is 1. The lowest BCUT2D eigenvalue weighted by molar-refractivity contribution is -0.121. The Kier molecular flexibility index (Phi) is 4.20. The van der Waals surface area contributed by atoms with Crippen LogP contribution < -0.4 is 10.6 Å². The number of amides is 1. The van der Waals surface area contributed by atoms with E-state index >= 15 is 0 Å². The Bertz CT molecular complexity index is 697. The number of carbonyl (C=O) groups is 1. The molecule has 0 saturated heterocycles. The molecular formula is C16H17FN4O2. The predicted molar refractivity (Wildman–Crippen MR) is 83.9 cm³/mol. The molecule has 1 aliphatic heterocycles. The summed E-state index contributed by atoms with van der Waals surface area (Å²) in [5.41, 5.74) is 0.644. The highest BCUT2D eigenvalue weighted by Gasteiger charge is 2.31. The van der Waals surface area contributed by atoms with E-state index in [0.29, 0.717) is 11.4 Å². The molecule has 1 amide bonds. The molecule has 1 aliphatic carbocycles. The maximum absolute atomic E-state index is 13.6. The molecule has 0 spiro atoms. The average Bonchev–Trinajstić information content (AvgIpc) is 3.36. The number of nitrogens with zero attached hydrogens (tertiary/aromatic N) is 2. The zero-order chi connectivity index (χ0) is 16.4. The van der Waals surface area contributed by atoms with Crippen molar-refractivity contribution in [2.75, 3.05) is 5.32 Å². The number of hydrogen-bond donors (Lipinski definition) is 3. The monoisotopic (exact) mass is 316 g/mol. The molecule has 1 aromatic rings. The topological polar surface area (TPSA) is 86.6 Å². The first-order valence-corrected chi connectivity index (χ1v) is 7.35. The van der Waals surface area contributed by atoms with Crippen LogP contribution in [0.1, 0.15) is 12.8 Å². The largest absolute Gasteiger partial charge is 0.373 e. The second-order valence-electron chi connectivity index (χ2n) is 5.61. The zero-order valence-corrected chi connectivity index (χ0v) is 12.4. The Morgan fingerprint density at radius 2 is 2.26 bits per heavy atom. The van der Waals surface area contributed by atoms with Gasteiger partial charge in [0.1, 0.15) is 12.0 Å². The Hall–Kier alpha value is -2.54. The fraction of sp³-hybridized carbons (Fsp3) is 0.312. The van der Waals surface area contributed by atoms with Gasteiger partial charge in [-0.3, -0.25) is 4.79 Å². The number of aliphatic hydroxyl groups is 1. The van der Waals surface area contributed by atoms with Crippen molar-refractivity contribution in [2.24, 2.45) is 16.8 Å². The van der Waals surface area contributed by atoms with Gasteiger partial charge >= 0.3 is 0 Å². The summed E-state index contributed by atoms with van der Waals surface area (Å²) in [6.45, 7) is 3.83. The van der Waals surface area contributed by atoms with Gasteiger partial charge in [0.25, 0.3) is 0 Å². The number of aliphatic imine (C=N–C) groups is 1. The summed E-state index contributed by atoms with van der Waals surface area (Å²) in [5, 5.41) is 15.7. The van der Waals surface area contributed by atoms with Gasteiger partial charge in [0.2, 0.25) is 11.9 Å². The lowest BCUT2D eigenvalue weighted by Gasteiger charge is -2.25. The summed E-state index contributed by atoms with van der Waals surface area (Å²) in [7, 11) is 0. The highest BCUT2D eigenvalue weighted by Crippen LogP contribution is 2.30. The second-order valence-corrected chi connectivity index (χ2v) is 5.61. The summed E-state index contributed by atoms with van der Waals surface area (Å²) in [6, 6.07) is 3.04. The molecule has 3 N–H and O–H groups in total. The van der Waals surface area contributed by atoms with Crippen molar-refractivity contribution in [2.45, 2.75) is 19.1 Å². The standard InChI is InChI=1S/C16H17FN4O2/c1-9-8-19-13(21-15(22)10-4-5-10)7-11(9)16(23)20-12-3-2-6-18-14(12)17/h2-3,6-8,10-11,16,20,23H,1,4-5H2,(H,21,22). The number of aromatic nitrogens is 1. The Labute approximate surface area is 132 Å². The van der Waals surface area contributed by atoms with Gasteiger partial charge in [0.05, 0.1) is 11.6 Å². The van der Waals surface area contributed by atoms with Crippen molar-refractivity contribution < 1.29 is 14.3 Å². The molecule has 6 nitrogen and oxygen atoms in total. The molecule has 7 heteroatoms. The van der Waals surface area contributed by atoms with Crippen LogP contribution in [0.25, 0.3) is 0 Å². The fourth-order valence-electron chi connectivity index (χ4n) is 2.24. The van der Waals surface area contributed by atoms with E-state index in [9.17, 15) is 14.3 Å². The van der Waals surface area contributed by atoms with Gasteiger partial charge in [-0.05, 0) is 36.6 Å². The number of pyridine rings is 1. The first kappa shape index (κ1) is 15.4. The smallest absolute Gasteiger partial charge is 0.236 e. The van der Waals surface area contributed by atoms with Crippen LogP contribution in [0, 0.1) is 17.8 Å². The van der Waals surface area contributed by atoms with Crippen molar-refractivity contribution in [1.82, 2.24) is 10.3 Å². The lowest BCUT2D eigenvalue weighted by Crippen LogP contribution is -2.33. The molecule has 23 heavy (non-hydrogen) atoms. The minimum atomic E-state index is -1.12. The van der Waals surface area contributed by atoms with E-state index in [1.165, 1.54) is 18.5 Å². The maximum atomic E-state index is 13.6. The molecule has 0 bridgehead atoms. The third-order valence-electron chi connectivity index (χ3n) is 3.74. The van der Waals surface area contributed by atoms with E-state index in [4.69, 9.17) is 0 Å². The number of rotatable bonds is 5. The van der Waals surface area contributed by atoms with E-state index in [2.05, 4.69) is 27.2 Å². The molecule has 2 unspecified atom stereocenters. The molecule has 1 fully saturated rings. The van der Waals surface area contributed by atoms with E-state index in [0.717, 1.165) is 12.8 Å². The van der Waals surface area contributed by atoms with Gasteiger partial charge in [0, 0.05) is 18.3 Å². The summed E-state index contributed by atoms with van der Waals surface area (Å²) in [5.74, 6) is -0.885. The zero-order valence-electron chi connectivity index (χ0n) is 12.4.